The van der Waals surface area contributed by atoms with Gasteiger partial charge >= 0.3 is 11.9 Å². The first kappa shape index (κ1) is 16.3. The normalized spacial score (nSPS) is 12.3. The molecule has 0 heterocycles. The van der Waals surface area contributed by atoms with Crippen LogP contribution < -0.4 is 0 Å². The number of hydrogen-bond acceptors (Lipinski definition) is 6. The highest BCUT2D eigenvalue weighted by Gasteiger charge is 2.22. The second-order valence-corrected chi connectivity index (χ2v) is 4.89. The van der Waals surface area contributed by atoms with Gasteiger partial charge in [0.05, 0.1) is 0 Å². The third-order valence-electron chi connectivity index (χ3n) is 1.59. The smallest absolute Gasteiger partial charge is 0.333 e. The lowest BCUT2D eigenvalue weighted by atomic mass is 10.3. The molecule has 1 atom stereocenters. The van der Waals surface area contributed by atoms with Crippen LogP contribution in [0.25, 0.3) is 0 Å². The van der Waals surface area contributed by atoms with Gasteiger partial charge in [-0.05, 0) is 6.92 Å². The summed E-state index contributed by atoms with van der Waals surface area (Å²) in [5, 5.41) is 0. The molecule has 102 valence electrons. The predicted octanol–water partition coefficient (Wildman–Crippen LogP) is 0.0913. The lowest BCUT2D eigenvalue weighted by molar-refractivity contribution is -0.151. The van der Waals surface area contributed by atoms with Gasteiger partial charge in [-0.2, -0.15) is 8.42 Å². The lowest BCUT2D eigenvalue weighted by Crippen LogP contribution is -2.31. The molecule has 0 bridgehead atoms. The first-order valence-corrected chi connectivity index (χ1v) is 6.37. The average molecular weight is 278 g/mol. The molecule has 18 heavy (non-hydrogen) atoms. The number of esters is 2. The van der Waals surface area contributed by atoms with Crippen molar-refractivity contribution in [3.8, 4) is 0 Å². The molecule has 0 aromatic carbocycles. The van der Waals surface area contributed by atoms with Crippen molar-refractivity contribution in [3.63, 3.8) is 0 Å². The Morgan fingerprint density at radius 3 is 2.39 bits per heavy atom. The highest BCUT2D eigenvalue weighted by Crippen LogP contribution is 2.02. The van der Waals surface area contributed by atoms with Gasteiger partial charge in [-0.25, -0.2) is 9.59 Å². The fourth-order valence-corrected chi connectivity index (χ4v) is 1.49. The minimum Gasteiger partial charge on any atom is -0.458 e. The maximum Gasteiger partial charge on any atom is 0.333 e. The van der Waals surface area contributed by atoms with E-state index in [0.29, 0.717) is 0 Å². The van der Waals surface area contributed by atoms with Crippen molar-refractivity contribution in [1.29, 1.82) is 0 Å². The molecule has 0 radical (unpaired) electrons. The number of hydrogen-bond donors (Lipinski definition) is 1. The summed E-state index contributed by atoms with van der Waals surface area (Å²) in [6, 6.07) is 0. The fourth-order valence-electron chi connectivity index (χ4n) is 0.855. The molecule has 0 aliphatic rings. The SMILES string of the molecule is C=CC(=O)OC(COC(=O)C(=C)C)CS(=O)(=O)O. The summed E-state index contributed by atoms with van der Waals surface area (Å²) in [6.07, 6.45) is -0.494. The van der Waals surface area contributed by atoms with Gasteiger partial charge in [0.25, 0.3) is 10.1 Å². The molecule has 0 aromatic heterocycles. The van der Waals surface area contributed by atoms with Crippen LogP contribution in [-0.2, 0) is 29.2 Å². The Hall–Kier alpha value is -1.67. The van der Waals surface area contributed by atoms with Gasteiger partial charge in [0, 0.05) is 11.6 Å². The van der Waals surface area contributed by atoms with Gasteiger partial charge in [-0.15, -0.1) is 0 Å². The highest BCUT2D eigenvalue weighted by atomic mass is 32.2. The molecular weight excluding hydrogens is 264 g/mol. The van der Waals surface area contributed by atoms with Crippen LogP contribution in [0.1, 0.15) is 6.92 Å². The Morgan fingerprint density at radius 1 is 1.44 bits per heavy atom. The van der Waals surface area contributed by atoms with E-state index >= 15 is 0 Å². The van der Waals surface area contributed by atoms with E-state index in [1.54, 1.807) is 0 Å². The number of carbonyl (C=O) groups is 2. The van der Waals surface area contributed by atoms with E-state index in [0.717, 1.165) is 6.08 Å². The third-order valence-corrected chi connectivity index (χ3v) is 2.39. The Balaban J connectivity index is 4.57. The molecule has 0 aliphatic heterocycles. The first-order valence-electron chi connectivity index (χ1n) is 4.76. The van der Waals surface area contributed by atoms with E-state index in [1.807, 2.05) is 0 Å². The van der Waals surface area contributed by atoms with Crippen molar-refractivity contribution in [1.82, 2.24) is 0 Å². The Kier molecular flexibility index (Phi) is 6.28. The maximum absolute atomic E-state index is 11.1. The minimum atomic E-state index is -4.37. The van der Waals surface area contributed by atoms with Crippen LogP contribution in [0, 0.1) is 0 Å². The lowest BCUT2D eigenvalue weighted by Gasteiger charge is -2.15. The van der Waals surface area contributed by atoms with E-state index in [-0.39, 0.29) is 5.57 Å². The summed E-state index contributed by atoms with van der Waals surface area (Å²) in [6.45, 7) is 7.33. The summed E-state index contributed by atoms with van der Waals surface area (Å²) in [5.41, 5.74) is 0.107. The van der Waals surface area contributed by atoms with E-state index in [1.165, 1.54) is 6.92 Å². The Bertz CT molecular complexity index is 449. The molecule has 8 heteroatoms. The predicted molar refractivity (Wildman–Crippen MR) is 62.3 cm³/mol. The van der Waals surface area contributed by atoms with Crippen LogP contribution in [0.4, 0.5) is 0 Å². The second-order valence-electron chi connectivity index (χ2n) is 3.39. The molecule has 0 fully saturated rings. The van der Waals surface area contributed by atoms with E-state index in [2.05, 4.69) is 22.6 Å². The van der Waals surface area contributed by atoms with Crippen LogP contribution in [0.2, 0.25) is 0 Å². The zero-order valence-corrected chi connectivity index (χ0v) is 10.6. The third kappa shape index (κ3) is 7.58. The molecule has 1 N–H and O–H groups in total. The Labute approximate surface area is 105 Å². The standard InChI is InChI=1S/C10H14O7S/c1-4-9(11)17-8(6-18(13,14)15)5-16-10(12)7(2)3/h4,8H,1-2,5-6H2,3H3,(H,13,14,15). The molecule has 0 amide bonds. The monoisotopic (exact) mass is 278 g/mol. The van der Waals surface area contributed by atoms with Crippen LogP contribution in [0.5, 0.6) is 0 Å². The summed E-state index contributed by atoms with van der Waals surface area (Å²) in [5.74, 6) is -2.53. The highest BCUT2D eigenvalue weighted by molar-refractivity contribution is 7.85. The van der Waals surface area contributed by atoms with Crippen molar-refractivity contribution < 1.29 is 32.0 Å². The topological polar surface area (TPSA) is 107 Å². The van der Waals surface area contributed by atoms with Gasteiger partial charge in [0.2, 0.25) is 0 Å². The minimum absolute atomic E-state index is 0.107. The molecule has 0 spiro atoms. The largest absolute Gasteiger partial charge is 0.458 e. The molecule has 0 rings (SSSR count). The Morgan fingerprint density at radius 2 is 2.00 bits per heavy atom. The first-order chi connectivity index (χ1) is 8.15. The quantitative estimate of drug-likeness (QED) is 0.399. The molecule has 0 aromatic rings. The van der Waals surface area contributed by atoms with Gasteiger partial charge < -0.3 is 9.47 Å². The number of ether oxygens (including phenoxy) is 2. The van der Waals surface area contributed by atoms with Crippen molar-refractivity contribution in [2.24, 2.45) is 0 Å². The van der Waals surface area contributed by atoms with Gasteiger partial charge in [0.1, 0.15) is 12.4 Å². The van der Waals surface area contributed by atoms with Crippen LogP contribution in [0.3, 0.4) is 0 Å². The molecule has 1 unspecified atom stereocenters. The summed E-state index contributed by atoms with van der Waals surface area (Å²) in [4.78, 5) is 22.0. The van der Waals surface area contributed by atoms with E-state index in [4.69, 9.17) is 4.55 Å². The number of rotatable bonds is 7. The molecular formula is C10H14O7S. The number of carbonyl (C=O) groups excluding carboxylic acids is 2. The summed E-state index contributed by atoms with van der Waals surface area (Å²) >= 11 is 0. The van der Waals surface area contributed by atoms with Crippen LogP contribution >= 0.6 is 0 Å². The van der Waals surface area contributed by atoms with E-state index in [9.17, 15) is 18.0 Å². The van der Waals surface area contributed by atoms with Crippen LogP contribution in [-0.4, -0.2) is 43.4 Å². The van der Waals surface area contributed by atoms with Crippen molar-refractivity contribution in [2.45, 2.75) is 13.0 Å². The van der Waals surface area contributed by atoms with Crippen molar-refractivity contribution >= 4 is 22.1 Å². The van der Waals surface area contributed by atoms with Gasteiger partial charge in [-0.3, -0.25) is 4.55 Å². The van der Waals surface area contributed by atoms with Crippen LogP contribution in [0.15, 0.2) is 24.8 Å². The second kappa shape index (κ2) is 6.92. The van der Waals surface area contributed by atoms with Crippen molar-refractivity contribution in [3.05, 3.63) is 24.8 Å². The summed E-state index contributed by atoms with van der Waals surface area (Å²) < 4.78 is 39.2. The van der Waals surface area contributed by atoms with E-state index < -0.39 is 40.5 Å². The summed E-state index contributed by atoms with van der Waals surface area (Å²) in [7, 11) is -4.37. The molecule has 0 aliphatic carbocycles. The average Bonchev–Trinajstić information content (AvgIpc) is 2.22. The maximum atomic E-state index is 11.1. The zero-order chi connectivity index (χ0) is 14.3. The van der Waals surface area contributed by atoms with Gasteiger partial charge in [-0.1, -0.05) is 13.2 Å². The fraction of sp³-hybridized carbons (Fsp3) is 0.400. The zero-order valence-electron chi connectivity index (χ0n) is 9.79. The molecule has 0 saturated carbocycles. The molecule has 0 saturated heterocycles. The molecule has 7 nitrogen and oxygen atoms in total. The van der Waals surface area contributed by atoms with Crippen molar-refractivity contribution in [2.75, 3.05) is 12.4 Å². The van der Waals surface area contributed by atoms with Gasteiger partial charge in [0.15, 0.2) is 6.10 Å².